The predicted octanol–water partition coefficient (Wildman–Crippen LogP) is 5.19. The van der Waals surface area contributed by atoms with Crippen molar-refractivity contribution in [3.63, 3.8) is 0 Å². The van der Waals surface area contributed by atoms with E-state index in [1.54, 1.807) is 35.3 Å². The molecule has 52 heavy (non-hydrogen) atoms. The van der Waals surface area contributed by atoms with E-state index in [0.29, 0.717) is 53.0 Å². The Morgan fingerprint density at radius 3 is 2.58 bits per heavy atom. The normalized spacial score (nSPS) is 20.2. The van der Waals surface area contributed by atoms with Crippen LogP contribution >= 0.6 is 0 Å². The lowest BCUT2D eigenvalue weighted by Crippen LogP contribution is -2.41. The maximum absolute atomic E-state index is 12.5. The molecule has 0 spiro atoms. The molecule has 0 unspecified atom stereocenters. The zero-order valence-electron chi connectivity index (χ0n) is 28.4. The van der Waals surface area contributed by atoms with Crippen LogP contribution in [0.25, 0.3) is 11.1 Å². The van der Waals surface area contributed by atoms with Gasteiger partial charge in [0.05, 0.1) is 43.6 Å². The Bertz CT molecular complexity index is 1870. The molecule has 0 amide bonds. The van der Waals surface area contributed by atoms with Gasteiger partial charge in [-0.3, -0.25) is 4.68 Å². The van der Waals surface area contributed by atoms with E-state index in [1.165, 1.54) is 6.33 Å². The molecule has 1 aliphatic carbocycles. The first-order valence-corrected chi connectivity index (χ1v) is 17.2. The molecular formula is C34H38F3N11O4. The summed E-state index contributed by atoms with van der Waals surface area (Å²) in [6, 6.07) is 8.47. The zero-order chi connectivity index (χ0) is 36.1. The van der Waals surface area contributed by atoms with Crippen molar-refractivity contribution in [3.05, 3.63) is 60.6 Å². The first-order valence-electron chi connectivity index (χ1n) is 17.2. The van der Waals surface area contributed by atoms with E-state index in [4.69, 9.17) is 24.0 Å². The predicted molar refractivity (Wildman–Crippen MR) is 178 cm³/mol. The third-order valence-electron chi connectivity index (χ3n) is 9.21. The lowest BCUT2D eigenvalue weighted by molar-refractivity contribution is -0.174. The number of nitriles is 1. The number of hydrogen-bond acceptors (Lipinski definition) is 13. The molecule has 3 aliphatic rings. The number of anilines is 2. The van der Waals surface area contributed by atoms with E-state index in [2.05, 4.69) is 48.0 Å². The molecule has 3 aromatic heterocycles. The van der Waals surface area contributed by atoms with Crippen molar-refractivity contribution < 1.29 is 32.1 Å². The summed E-state index contributed by atoms with van der Waals surface area (Å²) in [4.78, 5) is 11.5. The van der Waals surface area contributed by atoms with Crippen LogP contribution in [0, 0.1) is 11.3 Å². The molecule has 5 heterocycles. The lowest BCUT2D eigenvalue weighted by Gasteiger charge is -2.38. The first-order chi connectivity index (χ1) is 25.2. The number of benzene rings is 1. The molecule has 1 N–H and O–H groups in total. The van der Waals surface area contributed by atoms with E-state index < -0.39 is 12.8 Å². The second-order valence-corrected chi connectivity index (χ2v) is 13.1. The SMILES string of the molecule is C[C@@H](Cn1cnnn1)Oc1cc(-c2cnc(Nc3cn([C@H]4CC[C@H](N5C=C6C[C@@H]5CO6)CC4)nc3OCCCOCC(F)(F)F)nc2)ccc1C#N. The summed E-state index contributed by atoms with van der Waals surface area (Å²) >= 11 is 0. The molecule has 2 bridgehead atoms. The highest BCUT2D eigenvalue weighted by molar-refractivity contribution is 5.67. The molecular weight excluding hydrogens is 683 g/mol. The van der Waals surface area contributed by atoms with Crippen LogP contribution in [0.5, 0.6) is 11.6 Å². The van der Waals surface area contributed by atoms with Crippen molar-refractivity contribution in [1.29, 1.82) is 5.26 Å². The highest BCUT2D eigenvalue weighted by atomic mass is 19.4. The summed E-state index contributed by atoms with van der Waals surface area (Å²) in [7, 11) is 0. The number of hydrogen-bond donors (Lipinski definition) is 1. The maximum Gasteiger partial charge on any atom is 0.411 e. The second kappa shape index (κ2) is 15.4. The molecule has 1 saturated heterocycles. The van der Waals surface area contributed by atoms with Gasteiger partial charge in [0.2, 0.25) is 5.95 Å². The van der Waals surface area contributed by atoms with Crippen molar-refractivity contribution in [1.82, 2.24) is 44.9 Å². The number of rotatable bonds is 15. The fraction of sp³-hybridized carbons (Fsp3) is 0.500. The van der Waals surface area contributed by atoms with E-state index in [0.717, 1.165) is 50.0 Å². The first kappa shape index (κ1) is 35.0. The third-order valence-corrected chi connectivity index (χ3v) is 9.21. The molecule has 2 aliphatic heterocycles. The lowest BCUT2D eigenvalue weighted by atomic mass is 9.90. The fourth-order valence-electron chi connectivity index (χ4n) is 6.74. The Kier molecular flexibility index (Phi) is 10.4. The van der Waals surface area contributed by atoms with Gasteiger partial charge in [-0.25, -0.2) is 14.6 Å². The van der Waals surface area contributed by atoms with Gasteiger partial charge in [0.25, 0.3) is 5.88 Å². The van der Waals surface area contributed by atoms with Gasteiger partial charge < -0.3 is 29.2 Å². The minimum absolute atomic E-state index is 0.101. The minimum atomic E-state index is -4.38. The van der Waals surface area contributed by atoms with E-state index in [1.807, 2.05) is 17.8 Å². The molecule has 1 saturated carbocycles. The minimum Gasteiger partial charge on any atom is -0.494 e. The fourth-order valence-corrected chi connectivity index (χ4v) is 6.74. The average Bonchev–Trinajstić information content (AvgIpc) is 3.97. The van der Waals surface area contributed by atoms with Gasteiger partial charge in [0.15, 0.2) is 0 Å². The van der Waals surface area contributed by atoms with Crippen LogP contribution in [0.2, 0.25) is 0 Å². The van der Waals surface area contributed by atoms with Crippen LogP contribution in [-0.2, 0) is 16.0 Å². The Morgan fingerprint density at radius 2 is 1.88 bits per heavy atom. The van der Waals surface area contributed by atoms with E-state index in [-0.39, 0.29) is 31.8 Å². The van der Waals surface area contributed by atoms with Gasteiger partial charge in [-0.15, -0.1) is 10.2 Å². The molecule has 274 valence electrons. The monoisotopic (exact) mass is 721 g/mol. The van der Waals surface area contributed by atoms with Gasteiger partial charge in [0, 0.05) is 43.0 Å². The quantitative estimate of drug-likeness (QED) is 0.160. The van der Waals surface area contributed by atoms with Gasteiger partial charge >= 0.3 is 6.18 Å². The molecule has 2 fully saturated rings. The molecule has 18 heteroatoms. The van der Waals surface area contributed by atoms with Crippen LogP contribution in [0.1, 0.15) is 57.1 Å². The molecule has 7 rings (SSSR count). The number of nitrogens with zero attached hydrogens (tertiary/aromatic N) is 10. The number of halogens is 3. The van der Waals surface area contributed by atoms with Crippen molar-refractivity contribution in [2.24, 2.45) is 0 Å². The zero-order valence-corrected chi connectivity index (χ0v) is 28.4. The summed E-state index contributed by atoms with van der Waals surface area (Å²) in [6.45, 7) is 1.73. The van der Waals surface area contributed by atoms with Crippen molar-refractivity contribution >= 4 is 11.6 Å². The number of aromatic nitrogens is 8. The molecule has 1 aromatic carbocycles. The van der Waals surface area contributed by atoms with Crippen LogP contribution in [0.4, 0.5) is 24.8 Å². The summed E-state index contributed by atoms with van der Waals surface area (Å²) in [5.41, 5.74) is 2.37. The smallest absolute Gasteiger partial charge is 0.411 e. The van der Waals surface area contributed by atoms with E-state index in [9.17, 15) is 18.4 Å². The number of ether oxygens (including phenoxy) is 4. The molecule has 15 nitrogen and oxygen atoms in total. The number of tetrazole rings is 1. The van der Waals surface area contributed by atoms with Gasteiger partial charge in [-0.1, -0.05) is 6.07 Å². The Labute approximate surface area is 297 Å². The number of fused-ring (bicyclic) bond motifs is 2. The second-order valence-electron chi connectivity index (χ2n) is 13.1. The van der Waals surface area contributed by atoms with Gasteiger partial charge in [0.1, 0.15) is 48.9 Å². The Balaban J connectivity index is 1.02. The van der Waals surface area contributed by atoms with Crippen molar-refractivity contribution in [2.45, 2.75) is 82.4 Å². The van der Waals surface area contributed by atoms with Crippen molar-refractivity contribution in [2.75, 3.05) is 31.7 Å². The van der Waals surface area contributed by atoms with Crippen LogP contribution in [-0.4, -0.2) is 95.6 Å². The van der Waals surface area contributed by atoms with Crippen molar-refractivity contribution in [3.8, 4) is 28.8 Å². The van der Waals surface area contributed by atoms with E-state index >= 15 is 0 Å². The summed E-state index contributed by atoms with van der Waals surface area (Å²) in [5.74, 6) is 2.09. The highest BCUT2D eigenvalue weighted by Gasteiger charge is 2.38. The number of nitrogens with one attached hydrogen (secondary N) is 1. The highest BCUT2D eigenvalue weighted by Crippen LogP contribution is 2.39. The third kappa shape index (κ3) is 8.53. The van der Waals surface area contributed by atoms with Crippen LogP contribution in [0.3, 0.4) is 0 Å². The number of alkyl halides is 3. The molecule has 0 radical (unpaired) electrons. The Hall–Kier alpha value is -5.44. The standard InChI is InChI=1S/C34H38F3N11O4/c1-22(16-46-21-41-44-45-46)52-31-11-23(3-4-24(31)13-38)25-14-39-33(40-15-25)42-30-18-48(43-32(30)50-10-2-9-49-20-34(35,36)37)27-7-5-26(6-8-27)47-17-29-12-28(47)19-51-29/h3-4,11,14-15,17-18,21-22,26-28H,2,5-10,12,16,19-20H2,1H3,(H,39,40,42)/t22-,26-,27-,28+/m0/s1. The summed E-state index contributed by atoms with van der Waals surface area (Å²) in [5, 5.41) is 28.7. The largest absolute Gasteiger partial charge is 0.494 e. The molecule has 2 atom stereocenters. The van der Waals surface area contributed by atoms with Gasteiger partial charge in [-0.2, -0.15) is 18.4 Å². The van der Waals surface area contributed by atoms with Gasteiger partial charge in [-0.05, 0) is 60.7 Å². The average molecular weight is 722 g/mol. The topological polar surface area (TPSA) is 163 Å². The van der Waals surface area contributed by atoms with Crippen LogP contribution in [0.15, 0.2) is 55.1 Å². The summed E-state index contributed by atoms with van der Waals surface area (Å²) < 4.78 is 63.3. The Morgan fingerprint density at radius 1 is 1.08 bits per heavy atom. The maximum atomic E-state index is 12.5. The van der Waals surface area contributed by atoms with Crippen LogP contribution < -0.4 is 14.8 Å². The summed E-state index contributed by atoms with van der Waals surface area (Å²) in [6.07, 6.45) is 9.28. The molecule has 4 aromatic rings.